The summed E-state index contributed by atoms with van der Waals surface area (Å²) >= 11 is 6.39. The van der Waals surface area contributed by atoms with Crippen LogP contribution in [-0.2, 0) is 4.74 Å². The second kappa shape index (κ2) is 8.18. The van der Waals surface area contributed by atoms with Gasteiger partial charge in [-0.15, -0.1) is 0 Å². The summed E-state index contributed by atoms with van der Waals surface area (Å²) in [5.41, 5.74) is 2.23. The van der Waals surface area contributed by atoms with E-state index in [1.165, 1.54) is 0 Å². The van der Waals surface area contributed by atoms with Crippen molar-refractivity contribution < 1.29 is 4.74 Å². The van der Waals surface area contributed by atoms with Gasteiger partial charge in [0.05, 0.1) is 6.04 Å². The minimum Gasteiger partial charge on any atom is -0.372 e. The lowest BCUT2D eigenvalue weighted by Gasteiger charge is -2.29. The Morgan fingerprint density at radius 3 is 2.29 bits per heavy atom. The van der Waals surface area contributed by atoms with Crippen molar-refractivity contribution in [2.45, 2.75) is 26.0 Å². The summed E-state index contributed by atoms with van der Waals surface area (Å²) in [4.78, 5) is 0. The standard InChI is InChI=1S/C18H22ClNO/c1-3-20-17(15-12-8-9-13-16(15)19)18(21-4-2)14-10-6-5-7-11-14/h5-13,17-18,20H,3-4H2,1-2H3. The van der Waals surface area contributed by atoms with Crippen molar-refractivity contribution >= 4 is 11.6 Å². The molecule has 0 spiro atoms. The fourth-order valence-electron chi connectivity index (χ4n) is 2.53. The SMILES string of the molecule is CCNC(c1ccccc1Cl)C(OCC)c1ccccc1. The Bertz CT molecular complexity index is 544. The van der Waals surface area contributed by atoms with Gasteiger partial charge >= 0.3 is 0 Å². The van der Waals surface area contributed by atoms with E-state index in [1.54, 1.807) is 0 Å². The van der Waals surface area contributed by atoms with Crippen molar-refractivity contribution in [3.05, 3.63) is 70.7 Å². The first-order chi connectivity index (χ1) is 10.3. The molecule has 0 fully saturated rings. The molecule has 2 rings (SSSR count). The lowest BCUT2D eigenvalue weighted by molar-refractivity contribution is 0.0331. The molecule has 1 N–H and O–H groups in total. The maximum atomic E-state index is 6.39. The molecule has 3 heteroatoms. The van der Waals surface area contributed by atoms with Gasteiger partial charge in [0.25, 0.3) is 0 Å². The third kappa shape index (κ3) is 4.07. The van der Waals surface area contributed by atoms with Crippen LogP contribution in [0.3, 0.4) is 0 Å². The van der Waals surface area contributed by atoms with Crippen molar-refractivity contribution in [1.29, 1.82) is 0 Å². The van der Waals surface area contributed by atoms with Gasteiger partial charge in [-0.1, -0.05) is 67.1 Å². The van der Waals surface area contributed by atoms with E-state index in [-0.39, 0.29) is 12.1 Å². The molecule has 0 heterocycles. The summed E-state index contributed by atoms with van der Waals surface area (Å²) in [6, 6.07) is 18.3. The molecule has 0 radical (unpaired) electrons. The van der Waals surface area contributed by atoms with Gasteiger partial charge in [-0.05, 0) is 30.7 Å². The predicted octanol–water partition coefficient (Wildman–Crippen LogP) is 4.77. The quantitative estimate of drug-likeness (QED) is 0.795. The summed E-state index contributed by atoms with van der Waals surface area (Å²) < 4.78 is 6.03. The fraction of sp³-hybridized carbons (Fsp3) is 0.333. The van der Waals surface area contributed by atoms with E-state index in [2.05, 4.69) is 30.4 Å². The first-order valence-electron chi connectivity index (χ1n) is 7.42. The molecule has 0 aliphatic carbocycles. The van der Waals surface area contributed by atoms with Gasteiger partial charge in [-0.2, -0.15) is 0 Å². The predicted molar refractivity (Wildman–Crippen MR) is 88.7 cm³/mol. The minimum absolute atomic E-state index is 0.0334. The van der Waals surface area contributed by atoms with Crippen molar-refractivity contribution in [2.75, 3.05) is 13.2 Å². The second-order valence-electron chi connectivity index (χ2n) is 4.84. The monoisotopic (exact) mass is 303 g/mol. The summed E-state index contributed by atoms with van der Waals surface area (Å²) in [6.07, 6.45) is -0.0592. The number of halogens is 1. The van der Waals surface area contributed by atoms with Crippen LogP contribution in [0.1, 0.15) is 37.1 Å². The van der Waals surface area contributed by atoms with Crippen LogP contribution in [0.4, 0.5) is 0 Å². The Balaban J connectivity index is 2.40. The second-order valence-corrected chi connectivity index (χ2v) is 5.25. The molecule has 0 bridgehead atoms. The number of ether oxygens (including phenoxy) is 1. The van der Waals surface area contributed by atoms with E-state index in [0.717, 1.165) is 22.7 Å². The maximum Gasteiger partial charge on any atom is 0.102 e. The van der Waals surface area contributed by atoms with Crippen molar-refractivity contribution in [3.8, 4) is 0 Å². The van der Waals surface area contributed by atoms with E-state index in [1.807, 2.05) is 43.3 Å². The molecular weight excluding hydrogens is 282 g/mol. The average molecular weight is 304 g/mol. The van der Waals surface area contributed by atoms with Gasteiger partial charge in [0, 0.05) is 11.6 Å². The molecule has 0 saturated heterocycles. The number of hydrogen-bond donors (Lipinski definition) is 1. The zero-order valence-corrected chi connectivity index (χ0v) is 13.3. The van der Waals surface area contributed by atoms with Crippen LogP contribution in [0.25, 0.3) is 0 Å². The number of hydrogen-bond acceptors (Lipinski definition) is 2. The van der Waals surface area contributed by atoms with Crippen LogP contribution in [0, 0.1) is 0 Å². The van der Waals surface area contributed by atoms with E-state index in [4.69, 9.17) is 16.3 Å². The minimum atomic E-state index is -0.0592. The highest BCUT2D eigenvalue weighted by Gasteiger charge is 2.26. The van der Waals surface area contributed by atoms with Gasteiger partial charge in [0.2, 0.25) is 0 Å². The normalized spacial score (nSPS) is 13.9. The molecule has 0 aliphatic rings. The Morgan fingerprint density at radius 1 is 1.00 bits per heavy atom. The summed E-state index contributed by atoms with van der Waals surface area (Å²) in [5.74, 6) is 0. The Hall–Kier alpha value is -1.35. The average Bonchev–Trinajstić information content (AvgIpc) is 2.52. The highest BCUT2D eigenvalue weighted by Crippen LogP contribution is 2.35. The number of likely N-dealkylation sites (N-methyl/N-ethyl adjacent to an activating group) is 1. The van der Waals surface area contributed by atoms with Gasteiger partial charge in [-0.25, -0.2) is 0 Å². The van der Waals surface area contributed by atoms with Gasteiger partial charge in [-0.3, -0.25) is 0 Å². The molecule has 2 atom stereocenters. The summed E-state index contributed by atoms with van der Waals surface area (Å²) in [6.45, 7) is 5.63. The lowest BCUT2D eigenvalue weighted by Crippen LogP contribution is -2.29. The Kier molecular flexibility index (Phi) is 6.24. The van der Waals surface area contributed by atoms with E-state index in [0.29, 0.717) is 6.61 Å². The van der Waals surface area contributed by atoms with Crippen molar-refractivity contribution in [1.82, 2.24) is 5.32 Å². The summed E-state index contributed by atoms with van der Waals surface area (Å²) in [7, 11) is 0. The largest absolute Gasteiger partial charge is 0.372 e. The smallest absolute Gasteiger partial charge is 0.102 e. The fourth-order valence-corrected chi connectivity index (χ4v) is 2.79. The molecule has 2 nitrogen and oxygen atoms in total. The zero-order valence-electron chi connectivity index (χ0n) is 12.6. The molecular formula is C18H22ClNO. The number of nitrogens with one attached hydrogen (secondary N) is 1. The van der Waals surface area contributed by atoms with Crippen molar-refractivity contribution in [2.24, 2.45) is 0 Å². The van der Waals surface area contributed by atoms with Crippen molar-refractivity contribution in [3.63, 3.8) is 0 Å². The number of rotatable bonds is 7. The van der Waals surface area contributed by atoms with Crippen LogP contribution < -0.4 is 5.32 Å². The molecule has 0 amide bonds. The van der Waals surface area contributed by atoms with Gasteiger partial charge < -0.3 is 10.1 Å². The molecule has 2 aromatic carbocycles. The molecule has 0 aromatic heterocycles. The van der Waals surface area contributed by atoms with Gasteiger partial charge in [0.15, 0.2) is 0 Å². The lowest BCUT2D eigenvalue weighted by atomic mass is 9.95. The Labute approximate surface area is 132 Å². The van der Waals surface area contributed by atoms with Crippen LogP contribution in [-0.4, -0.2) is 13.2 Å². The molecule has 2 aromatic rings. The van der Waals surface area contributed by atoms with Gasteiger partial charge in [0.1, 0.15) is 6.10 Å². The topological polar surface area (TPSA) is 21.3 Å². The number of benzene rings is 2. The maximum absolute atomic E-state index is 6.39. The van der Waals surface area contributed by atoms with E-state index >= 15 is 0 Å². The van der Waals surface area contributed by atoms with E-state index < -0.39 is 0 Å². The van der Waals surface area contributed by atoms with Crippen LogP contribution in [0.5, 0.6) is 0 Å². The third-order valence-electron chi connectivity index (χ3n) is 3.44. The molecule has 0 aliphatic heterocycles. The highest BCUT2D eigenvalue weighted by atomic mass is 35.5. The molecule has 112 valence electrons. The first kappa shape index (κ1) is 16.0. The van der Waals surface area contributed by atoms with Crippen LogP contribution in [0.15, 0.2) is 54.6 Å². The molecule has 0 saturated carbocycles. The molecule has 2 unspecified atom stereocenters. The molecule has 21 heavy (non-hydrogen) atoms. The van der Waals surface area contributed by atoms with E-state index in [9.17, 15) is 0 Å². The zero-order chi connectivity index (χ0) is 15.1. The highest BCUT2D eigenvalue weighted by molar-refractivity contribution is 6.31. The summed E-state index contributed by atoms with van der Waals surface area (Å²) in [5, 5.41) is 4.28. The Morgan fingerprint density at radius 2 is 1.67 bits per heavy atom. The first-order valence-corrected chi connectivity index (χ1v) is 7.80. The van der Waals surface area contributed by atoms with Crippen LogP contribution in [0.2, 0.25) is 5.02 Å². The van der Waals surface area contributed by atoms with Crippen LogP contribution >= 0.6 is 11.6 Å². The third-order valence-corrected chi connectivity index (χ3v) is 3.79.